The summed E-state index contributed by atoms with van der Waals surface area (Å²) >= 11 is 0. The number of benzene rings is 1. The van der Waals surface area contributed by atoms with Crippen molar-refractivity contribution in [2.45, 2.75) is 38.9 Å². The Hall–Kier alpha value is -2.24. The summed E-state index contributed by atoms with van der Waals surface area (Å²) in [7, 11) is 1.71. The maximum atomic E-state index is 10.8. The van der Waals surface area contributed by atoms with E-state index < -0.39 is 4.92 Å². The van der Waals surface area contributed by atoms with E-state index in [0.29, 0.717) is 12.5 Å². The van der Waals surface area contributed by atoms with Crippen molar-refractivity contribution in [1.82, 2.24) is 25.4 Å². The van der Waals surface area contributed by atoms with Gasteiger partial charge in [0.2, 0.25) is 0 Å². The van der Waals surface area contributed by atoms with Gasteiger partial charge in [0, 0.05) is 38.2 Å². The van der Waals surface area contributed by atoms with E-state index in [1.807, 2.05) is 17.7 Å². The average molecular weight is 471 g/mol. The van der Waals surface area contributed by atoms with Gasteiger partial charge in [0.15, 0.2) is 5.96 Å². The van der Waals surface area contributed by atoms with E-state index >= 15 is 0 Å². The Morgan fingerprint density at radius 1 is 1.50 bits per heavy atom. The van der Waals surface area contributed by atoms with Crippen molar-refractivity contribution in [2.24, 2.45) is 4.99 Å². The molecule has 2 N–H and O–H groups in total. The Labute approximate surface area is 168 Å². The molecule has 2 heterocycles. The molecule has 0 saturated carbocycles. The standard InChI is InChI=1S/C16H21N7O2.HI/c1-11-19-15-7-6-13(10-22(15)21-11)20-16(17-2)18-9-12-4-3-5-14(8-12)23(24)25;/h3-5,8,13H,6-7,9-10H2,1-2H3,(H2,17,18,20);1H. The van der Waals surface area contributed by atoms with Crippen LogP contribution in [0.25, 0.3) is 0 Å². The van der Waals surface area contributed by atoms with E-state index in [2.05, 4.69) is 25.7 Å². The first-order valence-corrected chi connectivity index (χ1v) is 8.16. The Morgan fingerprint density at radius 2 is 2.31 bits per heavy atom. The van der Waals surface area contributed by atoms with Crippen molar-refractivity contribution in [1.29, 1.82) is 0 Å². The molecule has 1 aromatic carbocycles. The number of rotatable bonds is 4. The molecular formula is C16H22IN7O2. The van der Waals surface area contributed by atoms with Gasteiger partial charge < -0.3 is 10.6 Å². The van der Waals surface area contributed by atoms with E-state index in [4.69, 9.17) is 0 Å². The largest absolute Gasteiger partial charge is 0.352 e. The second kappa shape index (κ2) is 8.92. The topological polar surface area (TPSA) is 110 Å². The van der Waals surface area contributed by atoms with Gasteiger partial charge in [0.05, 0.1) is 11.5 Å². The van der Waals surface area contributed by atoms with Gasteiger partial charge in [-0.15, -0.1) is 24.0 Å². The highest BCUT2D eigenvalue weighted by Crippen LogP contribution is 2.14. The number of nitro groups is 1. The van der Waals surface area contributed by atoms with Crippen molar-refractivity contribution in [3.8, 4) is 0 Å². The van der Waals surface area contributed by atoms with Gasteiger partial charge in [0.1, 0.15) is 11.6 Å². The van der Waals surface area contributed by atoms with Crippen LogP contribution in [-0.4, -0.2) is 38.7 Å². The molecule has 1 atom stereocenters. The third-order valence-electron chi connectivity index (χ3n) is 4.11. The lowest BCUT2D eigenvalue weighted by Gasteiger charge is -2.25. The van der Waals surface area contributed by atoms with Crippen LogP contribution < -0.4 is 10.6 Å². The van der Waals surface area contributed by atoms with Gasteiger partial charge in [0.25, 0.3) is 5.69 Å². The number of hydrogen-bond donors (Lipinski definition) is 2. The predicted octanol–water partition coefficient (Wildman–Crippen LogP) is 1.79. The van der Waals surface area contributed by atoms with Gasteiger partial charge in [-0.25, -0.2) is 9.67 Å². The summed E-state index contributed by atoms with van der Waals surface area (Å²) in [5.41, 5.74) is 0.915. The van der Waals surface area contributed by atoms with E-state index in [0.717, 1.165) is 36.6 Å². The Balaban J connectivity index is 0.00000243. The first-order valence-electron chi connectivity index (χ1n) is 8.16. The number of nitrogens with one attached hydrogen (secondary N) is 2. The first-order chi connectivity index (χ1) is 12.0. The zero-order valence-corrected chi connectivity index (χ0v) is 17.0. The van der Waals surface area contributed by atoms with Crippen LogP contribution in [0.3, 0.4) is 0 Å². The minimum Gasteiger partial charge on any atom is -0.352 e. The number of aromatic nitrogens is 3. The lowest BCUT2D eigenvalue weighted by atomic mass is 10.1. The molecule has 0 bridgehead atoms. The Kier molecular flexibility index (Phi) is 6.89. The average Bonchev–Trinajstić information content (AvgIpc) is 2.98. The summed E-state index contributed by atoms with van der Waals surface area (Å²) < 4.78 is 1.93. The Morgan fingerprint density at radius 3 is 3.04 bits per heavy atom. The van der Waals surface area contributed by atoms with E-state index in [1.165, 1.54) is 6.07 Å². The van der Waals surface area contributed by atoms with E-state index in [1.54, 1.807) is 19.2 Å². The zero-order chi connectivity index (χ0) is 17.8. The number of nitrogens with zero attached hydrogens (tertiary/aromatic N) is 5. The summed E-state index contributed by atoms with van der Waals surface area (Å²) in [5.74, 6) is 2.48. The summed E-state index contributed by atoms with van der Waals surface area (Å²) in [5, 5.41) is 21.8. The van der Waals surface area contributed by atoms with Crippen LogP contribution in [0.5, 0.6) is 0 Å². The van der Waals surface area contributed by atoms with Crippen molar-refractivity contribution < 1.29 is 4.92 Å². The lowest BCUT2D eigenvalue weighted by molar-refractivity contribution is -0.384. The molecule has 3 rings (SSSR count). The quantitative estimate of drug-likeness (QED) is 0.231. The normalized spacial score (nSPS) is 16.4. The number of hydrogen-bond acceptors (Lipinski definition) is 5. The molecular weight excluding hydrogens is 449 g/mol. The fraction of sp³-hybridized carbons (Fsp3) is 0.438. The predicted molar refractivity (Wildman–Crippen MR) is 109 cm³/mol. The smallest absolute Gasteiger partial charge is 0.269 e. The fourth-order valence-corrected chi connectivity index (χ4v) is 2.91. The molecule has 0 amide bonds. The van der Waals surface area contributed by atoms with Crippen LogP contribution in [0.2, 0.25) is 0 Å². The van der Waals surface area contributed by atoms with Crippen LogP contribution >= 0.6 is 24.0 Å². The third-order valence-corrected chi connectivity index (χ3v) is 4.11. The van der Waals surface area contributed by atoms with Gasteiger partial charge in [-0.3, -0.25) is 15.1 Å². The van der Waals surface area contributed by atoms with Crippen molar-refractivity contribution >= 4 is 35.6 Å². The number of halogens is 1. The molecule has 140 valence electrons. The third kappa shape index (κ3) is 4.90. The molecule has 0 aliphatic carbocycles. The maximum absolute atomic E-state index is 10.8. The molecule has 1 aliphatic heterocycles. The molecule has 1 aromatic heterocycles. The molecule has 10 heteroatoms. The SMILES string of the molecule is CN=C(NCc1cccc([N+](=O)[O-])c1)NC1CCc2nc(C)nn2C1.I. The highest BCUT2D eigenvalue weighted by Gasteiger charge is 2.21. The molecule has 2 aromatic rings. The number of guanidine groups is 1. The molecule has 1 aliphatic rings. The summed E-state index contributed by atoms with van der Waals surface area (Å²) in [6, 6.07) is 6.78. The number of aliphatic imine (C=N–C) groups is 1. The first kappa shape index (κ1) is 20.1. The monoisotopic (exact) mass is 471 g/mol. The minimum absolute atomic E-state index is 0. The maximum Gasteiger partial charge on any atom is 0.269 e. The lowest BCUT2D eigenvalue weighted by Crippen LogP contribution is -2.46. The highest BCUT2D eigenvalue weighted by atomic mass is 127. The fourth-order valence-electron chi connectivity index (χ4n) is 2.91. The molecule has 26 heavy (non-hydrogen) atoms. The molecule has 0 saturated heterocycles. The van der Waals surface area contributed by atoms with Gasteiger partial charge >= 0.3 is 0 Å². The second-order valence-corrected chi connectivity index (χ2v) is 5.99. The van der Waals surface area contributed by atoms with Crippen LogP contribution in [0.4, 0.5) is 5.69 Å². The summed E-state index contributed by atoms with van der Waals surface area (Å²) in [6.07, 6.45) is 1.83. The molecule has 0 fully saturated rings. The van der Waals surface area contributed by atoms with Crippen LogP contribution in [0, 0.1) is 17.0 Å². The number of aryl methyl sites for hydroxylation is 2. The molecule has 1 unspecified atom stereocenters. The van der Waals surface area contributed by atoms with Crippen molar-refractivity contribution in [3.63, 3.8) is 0 Å². The van der Waals surface area contributed by atoms with Crippen LogP contribution in [0.1, 0.15) is 23.6 Å². The highest BCUT2D eigenvalue weighted by molar-refractivity contribution is 14.0. The Bertz CT molecular complexity index is 806. The van der Waals surface area contributed by atoms with E-state index in [-0.39, 0.29) is 35.7 Å². The van der Waals surface area contributed by atoms with Crippen LogP contribution in [-0.2, 0) is 19.5 Å². The van der Waals surface area contributed by atoms with Crippen molar-refractivity contribution in [2.75, 3.05) is 7.05 Å². The molecule has 9 nitrogen and oxygen atoms in total. The van der Waals surface area contributed by atoms with E-state index in [9.17, 15) is 10.1 Å². The van der Waals surface area contributed by atoms with Gasteiger partial charge in [-0.2, -0.15) is 5.10 Å². The summed E-state index contributed by atoms with van der Waals surface area (Å²) in [4.78, 5) is 19.1. The van der Waals surface area contributed by atoms with Gasteiger partial charge in [-0.05, 0) is 18.9 Å². The van der Waals surface area contributed by atoms with Crippen LogP contribution in [0.15, 0.2) is 29.3 Å². The zero-order valence-electron chi connectivity index (χ0n) is 14.7. The van der Waals surface area contributed by atoms with Crippen molar-refractivity contribution in [3.05, 3.63) is 51.6 Å². The molecule has 0 spiro atoms. The molecule has 0 radical (unpaired) electrons. The number of nitro benzene ring substituents is 1. The number of non-ortho nitro benzene ring substituents is 1. The van der Waals surface area contributed by atoms with Gasteiger partial charge in [-0.1, -0.05) is 12.1 Å². The summed E-state index contributed by atoms with van der Waals surface area (Å²) in [6.45, 7) is 3.10. The second-order valence-electron chi connectivity index (χ2n) is 5.99. The number of fused-ring (bicyclic) bond motifs is 1. The minimum atomic E-state index is -0.393.